The third-order valence-corrected chi connectivity index (χ3v) is 5.30. The van der Waals surface area contributed by atoms with Crippen LogP contribution in [0, 0.1) is 6.92 Å². The largest absolute Gasteiger partial charge is 0.497 e. The molecule has 3 aromatic rings. The van der Waals surface area contributed by atoms with Gasteiger partial charge in [0.2, 0.25) is 0 Å². The molecule has 2 aromatic carbocycles. The molecular formula is C23H24N4O2. The molecule has 0 aliphatic carbocycles. The lowest BCUT2D eigenvalue weighted by Crippen LogP contribution is -2.49. The predicted molar refractivity (Wildman–Crippen MR) is 113 cm³/mol. The zero-order valence-electron chi connectivity index (χ0n) is 16.7. The van der Waals surface area contributed by atoms with E-state index in [0.29, 0.717) is 13.1 Å². The smallest absolute Gasteiger partial charge is 0.254 e. The molecule has 1 amide bonds. The number of benzene rings is 2. The third-order valence-electron chi connectivity index (χ3n) is 5.30. The minimum Gasteiger partial charge on any atom is -0.497 e. The fraction of sp³-hybridized carbons (Fsp3) is 0.261. The van der Waals surface area contributed by atoms with Crippen molar-refractivity contribution in [2.24, 2.45) is 0 Å². The van der Waals surface area contributed by atoms with Gasteiger partial charge in [-0.15, -0.1) is 0 Å². The summed E-state index contributed by atoms with van der Waals surface area (Å²) in [5.74, 6) is 1.80. The second kappa shape index (κ2) is 8.31. The first kappa shape index (κ1) is 18.9. The molecule has 1 aliphatic rings. The molecule has 1 fully saturated rings. The van der Waals surface area contributed by atoms with Crippen molar-refractivity contribution in [1.82, 2.24) is 14.9 Å². The first-order valence-corrected chi connectivity index (χ1v) is 9.72. The van der Waals surface area contributed by atoms with Gasteiger partial charge in [-0.05, 0) is 42.8 Å². The van der Waals surface area contributed by atoms with Crippen LogP contribution in [0.25, 0.3) is 11.3 Å². The van der Waals surface area contributed by atoms with Gasteiger partial charge >= 0.3 is 0 Å². The van der Waals surface area contributed by atoms with E-state index in [2.05, 4.69) is 14.9 Å². The first-order valence-electron chi connectivity index (χ1n) is 9.72. The Morgan fingerprint density at radius 3 is 2.38 bits per heavy atom. The number of carbonyl (C=O) groups excluding carboxylic acids is 1. The quantitative estimate of drug-likeness (QED) is 0.685. The Kier molecular flexibility index (Phi) is 5.42. The van der Waals surface area contributed by atoms with Crippen molar-refractivity contribution in [3.05, 3.63) is 72.1 Å². The van der Waals surface area contributed by atoms with Crippen molar-refractivity contribution >= 4 is 11.7 Å². The molecular weight excluding hydrogens is 364 g/mol. The normalized spacial score (nSPS) is 14.0. The van der Waals surface area contributed by atoms with Crippen LogP contribution in [-0.2, 0) is 0 Å². The molecule has 6 nitrogen and oxygen atoms in total. The van der Waals surface area contributed by atoms with Gasteiger partial charge in [0, 0.05) is 43.4 Å². The van der Waals surface area contributed by atoms with Gasteiger partial charge < -0.3 is 14.5 Å². The molecule has 0 saturated carbocycles. The van der Waals surface area contributed by atoms with Crippen LogP contribution in [0.4, 0.5) is 5.82 Å². The molecule has 1 aromatic heterocycles. The molecule has 6 heteroatoms. The standard InChI is InChI=1S/C23H24N4O2/c1-17-5-3-4-6-20(17)23(28)27-13-11-26(12-14-27)22-15-21(24-16-25-22)18-7-9-19(29-2)10-8-18/h3-10,15-16H,11-14H2,1-2H3. The number of carbonyl (C=O) groups is 1. The number of amides is 1. The fourth-order valence-electron chi connectivity index (χ4n) is 3.56. The third kappa shape index (κ3) is 4.06. The molecule has 0 unspecified atom stereocenters. The highest BCUT2D eigenvalue weighted by molar-refractivity contribution is 5.95. The molecule has 29 heavy (non-hydrogen) atoms. The number of ether oxygens (including phenoxy) is 1. The highest BCUT2D eigenvalue weighted by Gasteiger charge is 2.23. The van der Waals surface area contributed by atoms with Crippen molar-refractivity contribution in [2.75, 3.05) is 38.2 Å². The van der Waals surface area contributed by atoms with Gasteiger partial charge in [0.15, 0.2) is 0 Å². The Bertz CT molecular complexity index is 996. The monoisotopic (exact) mass is 388 g/mol. The molecule has 0 N–H and O–H groups in total. The van der Waals surface area contributed by atoms with Gasteiger partial charge in [0.1, 0.15) is 17.9 Å². The van der Waals surface area contributed by atoms with Crippen LogP contribution >= 0.6 is 0 Å². The minimum absolute atomic E-state index is 0.101. The van der Waals surface area contributed by atoms with Gasteiger partial charge in [-0.2, -0.15) is 0 Å². The number of piperazine rings is 1. The van der Waals surface area contributed by atoms with E-state index in [-0.39, 0.29) is 5.91 Å². The van der Waals surface area contributed by atoms with Gasteiger partial charge in [-0.3, -0.25) is 4.79 Å². The average Bonchev–Trinajstić information content (AvgIpc) is 2.79. The zero-order chi connectivity index (χ0) is 20.2. The molecule has 0 radical (unpaired) electrons. The maximum atomic E-state index is 12.8. The van der Waals surface area contributed by atoms with Crippen LogP contribution in [-0.4, -0.2) is 54.1 Å². The van der Waals surface area contributed by atoms with Crippen molar-refractivity contribution in [2.45, 2.75) is 6.92 Å². The highest BCUT2D eigenvalue weighted by atomic mass is 16.5. The number of aromatic nitrogens is 2. The summed E-state index contributed by atoms with van der Waals surface area (Å²) < 4.78 is 5.22. The zero-order valence-corrected chi connectivity index (χ0v) is 16.7. The van der Waals surface area contributed by atoms with Crippen LogP contribution in [0.3, 0.4) is 0 Å². The first-order chi connectivity index (χ1) is 14.2. The molecule has 4 rings (SSSR count). The lowest BCUT2D eigenvalue weighted by molar-refractivity contribution is 0.0746. The van der Waals surface area contributed by atoms with E-state index >= 15 is 0 Å². The number of aryl methyl sites for hydroxylation is 1. The second-order valence-corrected chi connectivity index (χ2v) is 7.08. The van der Waals surface area contributed by atoms with E-state index < -0.39 is 0 Å². The van der Waals surface area contributed by atoms with Crippen LogP contribution in [0.15, 0.2) is 60.9 Å². The number of hydrogen-bond donors (Lipinski definition) is 0. The fourth-order valence-corrected chi connectivity index (χ4v) is 3.56. The summed E-state index contributed by atoms with van der Waals surface area (Å²) in [4.78, 5) is 25.8. The maximum absolute atomic E-state index is 12.8. The molecule has 0 spiro atoms. The Morgan fingerprint density at radius 1 is 0.966 bits per heavy atom. The van der Waals surface area contributed by atoms with Gasteiger partial charge in [-0.1, -0.05) is 18.2 Å². The summed E-state index contributed by atoms with van der Waals surface area (Å²) in [6.45, 7) is 4.82. The Morgan fingerprint density at radius 2 is 1.69 bits per heavy atom. The maximum Gasteiger partial charge on any atom is 0.254 e. The molecule has 1 saturated heterocycles. The molecule has 148 valence electrons. The summed E-state index contributed by atoms with van der Waals surface area (Å²) in [6.07, 6.45) is 1.60. The number of methoxy groups -OCH3 is 1. The Hall–Kier alpha value is -3.41. The number of hydrogen-bond acceptors (Lipinski definition) is 5. The summed E-state index contributed by atoms with van der Waals surface area (Å²) in [6, 6.07) is 17.6. The van der Waals surface area contributed by atoms with Crippen molar-refractivity contribution in [1.29, 1.82) is 0 Å². The van der Waals surface area contributed by atoms with E-state index in [1.165, 1.54) is 0 Å². The minimum atomic E-state index is 0.101. The summed E-state index contributed by atoms with van der Waals surface area (Å²) in [7, 11) is 1.65. The summed E-state index contributed by atoms with van der Waals surface area (Å²) >= 11 is 0. The van der Waals surface area contributed by atoms with Crippen LogP contribution in [0.5, 0.6) is 5.75 Å². The second-order valence-electron chi connectivity index (χ2n) is 7.08. The van der Waals surface area contributed by atoms with Gasteiger partial charge in [0.25, 0.3) is 5.91 Å². The lowest BCUT2D eigenvalue weighted by Gasteiger charge is -2.35. The van der Waals surface area contributed by atoms with Crippen molar-refractivity contribution in [3.63, 3.8) is 0 Å². The van der Waals surface area contributed by atoms with E-state index in [1.54, 1.807) is 13.4 Å². The highest BCUT2D eigenvalue weighted by Crippen LogP contribution is 2.24. The van der Waals surface area contributed by atoms with E-state index in [4.69, 9.17) is 4.74 Å². The van der Waals surface area contributed by atoms with Crippen LogP contribution in [0.1, 0.15) is 15.9 Å². The topological polar surface area (TPSA) is 58.6 Å². The van der Waals surface area contributed by atoms with E-state index in [0.717, 1.165) is 47.0 Å². The number of rotatable bonds is 4. The van der Waals surface area contributed by atoms with Crippen LogP contribution in [0.2, 0.25) is 0 Å². The Balaban J connectivity index is 1.45. The SMILES string of the molecule is COc1ccc(-c2cc(N3CCN(C(=O)c4ccccc4C)CC3)ncn2)cc1. The molecule has 0 bridgehead atoms. The van der Waals surface area contributed by atoms with Crippen molar-refractivity contribution in [3.8, 4) is 17.0 Å². The van der Waals surface area contributed by atoms with Gasteiger partial charge in [0.05, 0.1) is 12.8 Å². The lowest BCUT2D eigenvalue weighted by atomic mass is 10.1. The number of anilines is 1. The number of nitrogens with zero attached hydrogens (tertiary/aromatic N) is 4. The molecule has 1 aliphatic heterocycles. The van der Waals surface area contributed by atoms with E-state index in [9.17, 15) is 4.79 Å². The Labute approximate surface area is 170 Å². The van der Waals surface area contributed by atoms with Crippen LogP contribution < -0.4 is 9.64 Å². The predicted octanol–water partition coefficient (Wildman–Crippen LogP) is 3.42. The molecule has 2 heterocycles. The van der Waals surface area contributed by atoms with E-state index in [1.807, 2.05) is 66.4 Å². The average molecular weight is 388 g/mol. The molecule has 0 atom stereocenters. The van der Waals surface area contributed by atoms with Crippen molar-refractivity contribution < 1.29 is 9.53 Å². The van der Waals surface area contributed by atoms with Gasteiger partial charge in [-0.25, -0.2) is 9.97 Å². The summed E-state index contributed by atoms with van der Waals surface area (Å²) in [5.41, 5.74) is 3.68. The summed E-state index contributed by atoms with van der Waals surface area (Å²) in [5, 5.41) is 0.